The lowest BCUT2D eigenvalue weighted by atomic mass is 10.2. The fourth-order valence-electron chi connectivity index (χ4n) is 3.01. The van der Waals surface area contributed by atoms with E-state index in [9.17, 15) is 9.59 Å². The van der Waals surface area contributed by atoms with E-state index in [0.29, 0.717) is 24.8 Å². The predicted octanol–water partition coefficient (Wildman–Crippen LogP) is 1.42. The summed E-state index contributed by atoms with van der Waals surface area (Å²) in [6.45, 7) is 0.645. The smallest absolute Gasteiger partial charge is 0.262 e. The Balaban J connectivity index is 1.36. The average Bonchev–Trinajstić information content (AvgIpc) is 3.31. The van der Waals surface area contributed by atoms with Gasteiger partial charge >= 0.3 is 0 Å². The molecule has 0 unspecified atom stereocenters. The SMILES string of the molecule is O=C(N[C@H]1CC(=O)N(C2CC2)C1)[C@H]1CSc2ccccc2O1. The van der Waals surface area contributed by atoms with Crippen LogP contribution in [0.1, 0.15) is 19.3 Å². The molecule has 2 aliphatic heterocycles. The molecule has 22 heavy (non-hydrogen) atoms. The summed E-state index contributed by atoms with van der Waals surface area (Å²) in [5.41, 5.74) is 0. The van der Waals surface area contributed by atoms with Crippen molar-refractivity contribution in [3.63, 3.8) is 0 Å². The number of hydrogen-bond donors (Lipinski definition) is 1. The minimum absolute atomic E-state index is 0.0774. The van der Waals surface area contributed by atoms with Crippen LogP contribution in [0.25, 0.3) is 0 Å². The van der Waals surface area contributed by atoms with E-state index in [0.717, 1.165) is 23.5 Å². The second-order valence-electron chi connectivity index (χ2n) is 6.05. The zero-order valence-corrected chi connectivity index (χ0v) is 13.0. The molecule has 116 valence electrons. The molecule has 4 rings (SSSR count). The average molecular weight is 318 g/mol. The number of amides is 2. The maximum atomic E-state index is 12.4. The molecule has 6 heteroatoms. The quantitative estimate of drug-likeness (QED) is 0.916. The first-order valence-corrected chi connectivity index (χ1v) is 8.67. The van der Waals surface area contributed by atoms with Crippen LogP contribution in [0.15, 0.2) is 29.2 Å². The standard InChI is InChI=1S/C16H18N2O3S/c19-15-7-10(8-18(15)11-5-6-11)17-16(20)13-9-22-14-4-2-1-3-12(14)21-13/h1-4,10-11,13H,5-9H2,(H,17,20)/t10-,13+/m0/s1. The van der Waals surface area contributed by atoms with Crippen LogP contribution in [0.5, 0.6) is 5.75 Å². The monoisotopic (exact) mass is 318 g/mol. The van der Waals surface area contributed by atoms with Gasteiger partial charge in [0.25, 0.3) is 5.91 Å². The van der Waals surface area contributed by atoms with Gasteiger partial charge in [-0.2, -0.15) is 0 Å². The molecule has 1 aliphatic carbocycles. The Labute approximate surface area is 133 Å². The number of benzene rings is 1. The lowest BCUT2D eigenvalue weighted by molar-refractivity contribution is -0.128. The fraction of sp³-hybridized carbons (Fsp3) is 0.500. The minimum Gasteiger partial charge on any atom is -0.479 e. The maximum Gasteiger partial charge on any atom is 0.262 e. The van der Waals surface area contributed by atoms with Crippen LogP contribution < -0.4 is 10.1 Å². The molecule has 1 saturated heterocycles. The molecular formula is C16H18N2O3S. The molecule has 2 amide bonds. The highest BCUT2D eigenvalue weighted by Gasteiger charge is 2.40. The Kier molecular flexibility index (Phi) is 3.48. The fourth-order valence-corrected chi connectivity index (χ4v) is 3.99. The van der Waals surface area contributed by atoms with E-state index in [2.05, 4.69) is 5.32 Å². The summed E-state index contributed by atoms with van der Waals surface area (Å²) < 4.78 is 5.79. The van der Waals surface area contributed by atoms with Gasteiger partial charge in [0.2, 0.25) is 5.91 Å². The second kappa shape index (κ2) is 5.50. The number of rotatable bonds is 3. The third kappa shape index (κ3) is 2.67. The first-order valence-electron chi connectivity index (χ1n) is 7.69. The Bertz CT molecular complexity index is 617. The van der Waals surface area contributed by atoms with Crippen molar-refractivity contribution in [1.82, 2.24) is 10.2 Å². The van der Waals surface area contributed by atoms with E-state index in [-0.39, 0.29) is 17.9 Å². The molecule has 3 aliphatic rings. The van der Waals surface area contributed by atoms with Crippen LogP contribution in [0.3, 0.4) is 0 Å². The summed E-state index contributed by atoms with van der Waals surface area (Å²) >= 11 is 1.64. The van der Waals surface area contributed by atoms with E-state index < -0.39 is 6.10 Å². The van der Waals surface area contributed by atoms with Gasteiger partial charge in [0, 0.05) is 29.7 Å². The van der Waals surface area contributed by atoms with Gasteiger partial charge in [0.05, 0.1) is 6.04 Å². The molecule has 1 saturated carbocycles. The summed E-state index contributed by atoms with van der Waals surface area (Å²) in [5, 5.41) is 2.98. The Morgan fingerprint density at radius 2 is 2.14 bits per heavy atom. The Hall–Kier alpha value is -1.69. The number of nitrogens with one attached hydrogen (secondary N) is 1. The molecule has 2 atom stereocenters. The number of likely N-dealkylation sites (tertiary alicyclic amines) is 1. The van der Waals surface area contributed by atoms with Gasteiger partial charge < -0.3 is 15.0 Å². The number of carbonyl (C=O) groups excluding carboxylic acids is 2. The topological polar surface area (TPSA) is 58.6 Å². The highest BCUT2D eigenvalue weighted by molar-refractivity contribution is 7.99. The van der Waals surface area contributed by atoms with Gasteiger partial charge in [0.1, 0.15) is 5.75 Å². The number of fused-ring (bicyclic) bond motifs is 1. The number of para-hydroxylation sites is 1. The van der Waals surface area contributed by atoms with Crippen molar-refractivity contribution in [2.24, 2.45) is 0 Å². The summed E-state index contributed by atoms with van der Waals surface area (Å²) in [6.07, 6.45) is 2.14. The molecule has 2 fully saturated rings. The van der Waals surface area contributed by atoms with E-state index >= 15 is 0 Å². The van der Waals surface area contributed by atoms with Crippen molar-refractivity contribution < 1.29 is 14.3 Å². The number of thioether (sulfide) groups is 1. The van der Waals surface area contributed by atoms with Crippen molar-refractivity contribution in [3.05, 3.63) is 24.3 Å². The molecule has 1 N–H and O–H groups in total. The van der Waals surface area contributed by atoms with Crippen LogP contribution in [0, 0.1) is 0 Å². The molecule has 1 aromatic carbocycles. The number of carbonyl (C=O) groups is 2. The van der Waals surface area contributed by atoms with Crippen molar-refractivity contribution in [2.75, 3.05) is 12.3 Å². The van der Waals surface area contributed by atoms with Crippen molar-refractivity contribution in [2.45, 2.75) is 42.3 Å². The van der Waals surface area contributed by atoms with Gasteiger partial charge in [-0.05, 0) is 25.0 Å². The summed E-state index contributed by atoms with van der Waals surface area (Å²) in [7, 11) is 0. The zero-order valence-electron chi connectivity index (χ0n) is 12.2. The molecule has 1 aromatic rings. The molecule has 0 bridgehead atoms. The third-order valence-corrected chi connectivity index (χ3v) is 5.41. The van der Waals surface area contributed by atoms with Crippen LogP contribution in [-0.2, 0) is 9.59 Å². The number of hydrogen-bond acceptors (Lipinski definition) is 4. The summed E-state index contributed by atoms with van der Waals surface area (Å²) in [5.74, 6) is 1.42. The van der Waals surface area contributed by atoms with Crippen LogP contribution >= 0.6 is 11.8 Å². The maximum absolute atomic E-state index is 12.4. The molecule has 0 spiro atoms. The number of ether oxygens (including phenoxy) is 1. The molecule has 0 aromatic heterocycles. The first kappa shape index (κ1) is 13.9. The van der Waals surface area contributed by atoms with E-state index in [1.165, 1.54) is 0 Å². The van der Waals surface area contributed by atoms with Gasteiger partial charge in [-0.15, -0.1) is 11.8 Å². The van der Waals surface area contributed by atoms with Crippen LogP contribution in [0.2, 0.25) is 0 Å². The van der Waals surface area contributed by atoms with Gasteiger partial charge in [-0.1, -0.05) is 12.1 Å². The van der Waals surface area contributed by atoms with Crippen LogP contribution in [-0.4, -0.2) is 47.2 Å². The van der Waals surface area contributed by atoms with E-state index in [1.807, 2.05) is 29.2 Å². The Morgan fingerprint density at radius 3 is 2.95 bits per heavy atom. The van der Waals surface area contributed by atoms with Crippen molar-refractivity contribution in [3.8, 4) is 5.75 Å². The van der Waals surface area contributed by atoms with E-state index in [1.54, 1.807) is 11.8 Å². The minimum atomic E-state index is -0.482. The first-order chi connectivity index (χ1) is 10.7. The second-order valence-corrected chi connectivity index (χ2v) is 7.11. The van der Waals surface area contributed by atoms with Crippen molar-refractivity contribution in [1.29, 1.82) is 0 Å². The summed E-state index contributed by atoms with van der Waals surface area (Å²) in [4.78, 5) is 27.3. The normalized spacial score (nSPS) is 27.3. The summed E-state index contributed by atoms with van der Waals surface area (Å²) in [6, 6.07) is 8.09. The lowest BCUT2D eigenvalue weighted by Crippen LogP contribution is -2.46. The predicted molar refractivity (Wildman–Crippen MR) is 82.9 cm³/mol. The lowest BCUT2D eigenvalue weighted by Gasteiger charge is -2.26. The molecule has 2 heterocycles. The van der Waals surface area contributed by atoms with Gasteiger partial charge in [0.15, 0.2) is 6.10 Å². The molecule has 5 nitrogen and oxygen atoms in total. The molecule has 0 radical (unpaired) electrons. The largest absolute Gasteiger partial charge is 0.479 e. The third-order valence-electron chi connectivity index (χ3n) is 4.29. The van der Waals surface area contributed by atoms with Crippen LogP contribution in [0.4, 0.5) is 0 Å². The highest BCUT2D eigenvalue weighted by atomic mass is 32.2. The Morgan fingerprint density at radius 1 is 1.32 bits per heavy atom. The molecular weight excluding hydrogens is 300 g/mol. The zero-order chi connectivity index (χ0) is 15.1. The highest BCUT2D eigenvalue weighted by Crippen LogP contribution is 2.35. The van der Waals surface area contributed by atoms with Gasteiger partial charge in [-0.3, -0.25) is 9.59 Å². The van der Waals surface area contributed by atoms with Gasteiger partial charge in [-0.25, -0.2) is 0 Å². The number of nitrogens with zero attached hydrogens (tertiary/aromatic N) is 1. The van der Waals surface area contributed by atoms with Crippen molar-refractivity contribution >= 4 is 23.6 Å². The van der Waals surface area contributed by atoms with E-state index in [4.69, 9.17) is 4.74 Å².